The van der Waals surface area contributed by atoms with Gasteiger partial charge in [0.25, 0.3) is 0 Å². The van der Waals surface area contributed by atoms with E-state index in [1.807, 2.05) is 30.7 Å². The van der Waals surface area contributed by atoms with Gasteiger partial charge in [-0.05, 0) is 50.2 Å². The zero-order chi connectivity index (χ0) is 20.8. The molecule has 0 unspecified atom stereocenters. The second-order valence-corrected chi connectivity index (χ2v) is 6.89. The third-order valence-electron chi connectivity index (χ3n) is 4.92. The minimum absolute atomic E-state index is 0.311. The first kappa shape index (κ1) is 18.2. The highest BCUT2D eigenvalue weighted by Crippen LogP contribution is 2.34. The molecule has 150 valence electrons. The number of nitrogens with zero attached hydrogens (tertiary/aromatic N) is 7. The Balaban J connectivity index is 1.84. The van der Waals surface area contributed by atoms with Gasteiger partial charge in [-0.1, -0.05) is 0 Å². The lowest BCUT2D eigenvalue weighted by Crippen LogP contribution is -2.02. The van der Waals surface area contributed by atoms with Crippen LogP contribution in [0.4, 0.5) is 4.39 Å². The van der Waals surface area contributed by atoms with E-state index >= 15 is 0 Å². The van der Waals surface area contributed by atoms with Gasteiger partial charge in [-0.2, -0.15) is 10.2 Å². The van der Waals surface area contributed by atoms with Crippen LogP contribution in [0.1, 0.15) is 18.5 Å². The molecule has 0 bridgehead atoms. The summed E-state index contributed by atoms with van der Waals surface area (Å²) in [5, 5.41) is 18.0. The van der Waals surface area contributed by atoms with Crippen LogP contribution in [0.5, 0.6) is 0 Å². The quantitative estimate of drug-likeness (QED) is 0.449. The number of benzene rings is 1. The van der Waals surface area contributed by atoms with Crippen LogP contribution in [0.25, 0.3) is 39.6 Å². The lowest BCUT2D eigenvalue weighted by Gasteiger charge is -2.08. The van der Waals surface area contributed by atoms with Crippen LogP contribution in [0.3, 0.4) is 0 Å². The van der Waals surface area contributed by atoms with Crippen molar-refractivity contribution in [1.29, 1.82) is 0 Å². The highest BCUT2D eigenvalue weighted by atomic mass is 19.1. The molecular weight excluding hydrogens is 385 g/mol. The molecule has 0 radical (unpaired) electrons. The van der Waals surface area contributed by atoms with Gasteiger partial charge >= 0.3 is 0 Å². The minimum Gasteiger partial charge on any atom is -0.421 e. The highest BCUT2D eigenvalue weighted by molar-refractivity contribution is 5.95. The van der Waals surface area contributed by atoms with E-state index in [4.69, 9.17) is 9.40 Å². The molecular formula is C21H18FN7O. The van der Waals surface area contributed by atoms with Crippen LogP contribution in [-0.4, -0.2) is 34.7 Å². The van der Waals surface area contributed by atoms with Crippen molar-refractivity contribution >= 4 is 11.0 Å². The Morgan fingerprint density at radius 2 is 1.87 bits per heavy atom. The van der Waals surface area contributed by atoms with E-state index in [1.54, 1.807) is 29.9 Å². The lowest BCUT2D eigenvalue weighted by atomic mass is 10.1. The molecule has 8 nitrogen and oxygen atoms in total. The van der Waals surface area contributed by atoms with Crippen LogP contribution in [0.2, 0.25) is 0 Å². The van der Waals surface area contributed by atoms with Crippen LogP contribution in [0.15, 0.2) is 47.0 Å². The van der Waals surface area contributed by atoms with Gasteiger partial charge in [0, 0.05) is 19.7 Å². The summed E-state index contributed by atoms with van der Waals surface area (Å²) in [6.07, 6.45) is 1.74. The van der Waals surface area contributed by atoms with E-state index in [1.165, 1.54) is 12.1 Å². The zero-order valence-corrected chi connectivity index (χ0v) is 16.7. The van der Waals surface area contributed by atoms with E-state index in [0.717, 1.165) is 22.3 Å². The summed E-state index contributed by atoms with van der Waals surface area (Å²) >= 11 is 0. The summed E-state index contributed by atoms with van der Waals surface area (Å²) in [5.41, 5.74) is 4.38. The van der Waals surface area contributed by atoms with Crippen LogP contribution < -0.4 is 0 Å². The van der Waals surface area contributed by atoms with Gasteiger partial charge in [0.15, 0.2) is 5.65 Å². The smallest absolute Gasteiger partial charge is 0.248 e. The molecule has 0 aliphatic carbocycles. The van der Waals surface area contributed by atoms with Crippen molar-refractivity contribution in [2.75, 3.05) is 0 Å². The standard InChI is InChI=1S/C21H18FN7O/c1-4-28-18(9-10-23-28)17-11-16(21-26-25-13(3)30-21)19-12(2)27-29(20(19)24-17)15-7-5-14(22)6-8-15/h5-11H,4H2,1-3H3. The van der Waals surface area contributed by atoms with E-state index in [9.17, 15) is 4.39 Å². The first-order valence-electron chi connectivity index (χ1n) is 9.54. The molecule has 4 aromatic heterocycles. The van der Waals surface area contributed by atoms with Crippen LogP contribution >= 0.6 is 0 Å². The van der Waals surface area contributed by atoms with Crippen molar-refractivity contribution < 1.29 is 8.81 Å². The molecule has 0 saturated carbocycles. The van der Waals surface area contributed by atoms with Crippen molar-refractivity contribution in [3.63, 3.8) is 0 Å². The van der Waals surface area contributed by atoms with Crippen molar-refractivity contribution in [3.05, 3.63) is 60.0 Å². The fourth-order valence-electron chi connectivity index (χ4n) is 3.56. The van der Waals surface area contributed by atoms with E-state index in [-0.39, 0.29) is 5.82 Å². The van der Waals surface area contributed by atoms with Gasteiger partial charge in [0.05, 0.1) is 33.7 Å². The van der Waals surface area contributed by atoms with Gasteiger partial charge in [-0.25, -0.2) is 14.1 Å². The Labute approximate surface area is 171 Å². The van der Waals surface area contributed by atoms with Crippen molar-refractivity contribution in [2.45, 2.75) is 27.3 Å². The Morgan fingerprint density at radius 3 is 2.57 bits per heavy atom. The molecule has 9 heteroatoms. The number of fused-ring (bicyclic) bond motifs is 1. The van der Waals surface area contributed by atoms with E-state index < -0.39 is 0 Å². The normalized spacial score (nSPS) is 11.5. The number of rotatable bonds is 4. The predicted octanol–water partition coefficient (Wildman–Crippen LogP) is 4.11. The average molecular weight is 403 g/mol. The van der Waals surface area contributed by atoms with Gasteiger partial charge < -0.3 is 4.42 Å². The molecule has 5 rings (SSSR count). The molecule has 0 amide bonds. The molecule has 0 aliphatic heterocycles. The number of pyridine rings is 1. The monoisotopic (exact) mass is 403 g/mol. The third-order valence-corrected chi connectivity index (χ3v) is 4.92. The molecule has 0 spiro atoms. The Kier molecular flexibility index (Phi) is 4.16. The summed E-state index contributed by atoms with van der Waals surface area (Å²) in [4.78, 5) is 4.89. The average Bonchev–Trinajstić information content (AvgIpc) is 3.47. The second-order valence-electron chi connectivity index (χ2n) is 6.89. The predicted molar refractivity (Wildman–Crippen MR) is 108 cm³/mol. The molecule has 0 saturated heterocycles. The number of hydrogen-bond acceptors (Lipinski definition) is 6. The summed E-state index contributed by atoms with van der Waals surface area (Å²) in [6, 6.07) is 9.96. The number of aryl methyl sites for hydroxylation is 3. The fraction of sp³-hybridized carbons (Fsp3) is 0.190. The van der Waals surface area contributed by atoms with E-state index in [2.05, 4.69) is 20.4 Å². The molecule has 0 N–H and O–H groups in total. The van der Waals surface area contributed by atoms with Gasteiger partial charge in [-0.3, -0.25) is 4.68 Å². The Hall–Kier alpha value is -3.88. The first-order valence-corrected chi connectivity index (χ1v) is 9.54. The van der Waals surface area contributed by atoms with Gasteiger partial charge in [0.1, 0.15) is 5.82 Å². The molecule has 5 aromatic rings. The molecule has 4 heterocycles. The van der Waals surface area contributed by atoms with Crippen LogP contribution in [0, 0.1) is 19.7 Å². The lowest BCUT2D eigenvalue weighted by molar-refractivity contribution is 0.533. The number of halogens is 1. The summed E-state index contributed by atoms with van der Waals surface area (Å²) in [6.45, 7) is 6.36. The topological polar surface area (TPSA) is 87.5 Å². The second kappa shape index (κ2) is 6.87. The number of hydrogen-bond donors (Lipinski definition) is 0. The maximum atomic E-state index is 13.5. The van der Waals surface area contributed by atoms with Crippen molar-refractivity contribution in [3.8, 4) is 28.5 Å². The highest BCUT2D eigenvalue weighted by Gasteiger charge is 2.22. The SMILES string of the molecule is CCn1nccc1-c1cc(-c2nnc(C)o2)c2c(C)nn(-c3ccc(F)cc3)c2n1. The molecule has 30 heavy (non-hydrogen) atoms. The van der Waals surface area contributed by atoms with Crippen molar-refractivity contribution in [2.24, 2.45) is 0 Å². The van der Waals surface area contributed by atoms with E-state index in [0.29, 0.717) is 35.4 Å². The van der Waals surface area contributed by atoms with Crippen LogP contribution in [-0.2, 0) is 6.54 Å². The summed E-state index contributed by atoms with van der Waals surface area (Å²) < 4.78 is 22.8. The Morgan fingerprint density at radius 1 is 1.07 bits per heavy atom. The molecule has 0 fully saturated rings. The fourth-order valence-corrected chi connectivity index (χ4v) is 3.56. The van der Waals surface area contributed by atoms with Gasteiger partial charge in [-0.15, -0.1) is 10.2 Å². The molecule has 1 aromatic carbocycles. The van der Waals surface area contributed by atoms with Gasteiger partial charge in [0.2, 0.25) is 11.8 Å². The maximum Gasteiger partial charge on any atom is 0.248 e. The largest absolute Gasteiger partial charge is 0.421 e. The number of aromatic nitrogens is 7. The van der Waals surface area contributed by atoms with Crippen molar-refractivity contribution in [1.82, 2.24) is 34.7 Å². The maximum absolute atomic E-state index is 13.5. The Bertz CT molecular complexity index is 1360. The summed E-state index contributed by atoms with van der Waals surface area (Å²) in [5.74, 6) is 0.554. The molecule has 0 atom stereocenters. The minimum atomic E-state index is -0.311. The zero-order valence-electron chi connectivity index (χ0n) is 16.7. The third kappa shape index (κ3) is 2.86. The molecule has 0 aliphatic rings. The summed E-state index contributed by atoms with van der Waals surface area (Å²) in [7, 11) is 0. The first-order chi connectivity index (χ1) is 14.5.